The molecule has 0 saturated heterocycles. The van der Waals surface area contributed by atoms with Gasteiger partial charge in [0.25, 0.3) is 5.91 Å². The normalized spacial score (nSPS) is 10.7. The summed E-state index contributed by atoms with van der Waals surface area (Å²) in [6, 6.07) is 13.5. The fraction of sp³-hybridized carbons (Fsp3) is 0.190. The number of carbonyl (C=O) groups excluding carboxylic acids is 1. The maximum atomic E-state index is 12.4. The summed E-state index contributed by atoms with van der Waals surface area (Å²) in [6.07, 6.45) is 2.99. The second kappa shape index (κ2) is 8.18. The van der Waals surface area contributed by atoms with E-state index in [0.29, 0.717) is 28.1 Å². The lowest BCUT2D eigenvalue weighted by atomic mass is 10.0. The lowest BCUT2D eigenvalue weighted by Gasteiger charge is -2.10. The van der Waals surface area contributed by atoms with Crippen LogP contribution in [-0.2, 0) is 0 Å². The second-order valence-corrected chi connectivity index (χ2v) is 7.05. The van der Waals surface area contributed by atoms with Gasteiger partial charge in [0.15, 0.2) is 0 Å². The Bertz CT molecular complexity index is 937. The van der Waals surface area contributed by atoms with Crippen molar-refractivity contribution in [3.8, 4) is 0 Å². The Kier molecular flexibility index (Phi) is 5.72. The summed E-state index contributed by atoms with van der Waals surface area (Å²) in [5, 5.41) is 6.53. The number of aromatic nitrogens is 2. The van der Waals surface area contributed by atoms with Crippen LogP contribution in [0.2, 0.25) is 5.02 Å². The van der Waals surface area contributed by atoms with Crippen LogP contribution in [0, 0.1) is 6.92 Å². The number of hydrogen-bond acceptors (Lipinski definition) is 4. The van der Waals surface area contributed by atoms with Crippen molar-refractivity contribution < 1.29 is 4.79 Å². The number of benzene rings is 2. The van der Waals surface area contributed by atoms with Crippen molar-refractivity contribution in [1.82, 2.24) is 9.97 Å². The fourth-order valence-corrected chi connectivity index (χ4v) is 2.69. The van der Waals surface area contributed by atoms with Crippen molar-refractivity contribution in [2.45, 2.75) is 26.7 Å². The molecule has 1 aromatic heterocycles. The SMILES string of the molecule is Cc1ccc(Cl)cc1NC(=O)c1cnc(Nc2ccc(C(C)C)cc2)nc1. The number of nitrogens with one attached hydrogen (secondary N) is 2. The number of nitrogens with zero attached hydrogens (tertiary/aromatic N) is 2. The molecule has 1 amide bonds. The molecule has 0 aliphatic rings. The van der Waals surface area contributed by atoms with Crippen LogP contribution in [0.1, 0.15) is 41.3 Å². The number of carbonyl (C=O) groups is 1. The molecule has 27 heavy (non-hydrogen) atoms. The molecular weight excluding hydrogens is 360 g/mol. The smallest absolute Gasteiger partial charge is 0.258 e. The zero-order valence-electron chi connectivity index (χ0n) is 15.5. The van der Waals surface area contributed by atoms with Gasteiger partial charge in [0.05, 0.1) is 5.56 Å². The van der Waals surface area contributed by atoms with Gasteiger partial charge in [-0.3, -0.25) is 4.79 Å². The Morgan fingerprint density at radius 3 is 2.33 bits per heavy atom. The van der Waals surface area contributed by atoms with E-state index in [9.17, 15) is 4.79 Å². The third-order valence-corrected chi connectivity index (χ3v) is 4.43. The third kappa shape index (κ3) is 4.83. The lowest BCUT2D eigenvalue weighted by molar-refractivity contribution is 0.102. The molecule has 3 aromatic rings. The molecule has 2 N–H and O–H groups in total. The maximum Gasteiger partial charge on any atom is 0.258 e. The predicted octanol–water partition coefficient (Wildman–Crippen LogP) is 5.56. The molecule has 0 saturated carbocycles. The van der Waals surface area contributed by atoms with Gasteiger partial charge in [-0.25, -0.2) is 9.97 Å². The van der Waals surface area contributed by atoms with Gasteiger partial charge in [-0.1, -0.05) is 43.6 Å². The van der Waals surface area contributed by atoms with E-state index in [1.165, 1.54) is 18.0 Å². The predicted molar refractivity (Wildman–Crippen MR) is 110 cm³/mol. The Morgan fingerprint density at radius 1 is 1.04 bits per heavy atom. The monoisotopic (exact) mass is 380 g/mol. The van der Waals surface area contributed by atoms with Crippen LogP contribution < -0.4 is 10.6 Å². The highest BCUT2D eigenvalue weighted by Crippen LogP contribution is 2.21. The molecule has 0 radical (unpaired) electrons. The van der Waals surface area contributed by atoms with Gasteiger partial charge >= 0.3 is 0 Å². The molecule has 1 heterocycles. The van der Waals surface area contributed by atoms with Crippen LogP contribution in [0.5, 0.6) is 0 Å². The highest BCUT2D eigenvalue weighted by atomic mass is 35.5. The lowest BCUT2D eigenvalue weighted by Crippen LogP contribution is -2.14. The fourth-order valence-electron chi connectivity index (χ4n) is 2.51. The van der Waals surface area contributed by atoms with E-state index in [2.05, 4.69) is 46.6 Å². The van der Waals surface area contributed by atoms with Crippen molar-refractivity contribution in [3.05, 3.63) is 76.6 Å². The van der Waals surface area contributed by atoms with Gasteiger partial charge in [-0.15, -0.1) is 0 Å². The van der Waals surface area contributed by atoms with E-state index in [4.69, 9.17) is 11.6 Å². The van der Waals surface area contributed by atoms with Crippen LogP contribution in [-0.4, -0.2) is 15.9 Å². The van der Waals surface area contributed by atoms with Crippen molar-refractivity contribution in [1.29, 1.82) is 0 Å². The molecule has 0 fully saturated rings. The molecule has 0 aliphatic heterocycles. The van der Waals surface area contributed by atoms with Crippen LogP contribution in [0.4, 0.5) is 17.3 Å². The van der Waals surface area contributed by atoms with Crippen LogP contribution >= 0.6 is 11.6 Å². The summed E-state index contributed by atoms with van der Waals surface area (Å²) in [6.45, 7) is 6.21. The summed E-state index contributed by atoms with van der Waals surface area (Å²) >= 11 is 5.99. The van der Waals surface area contributed by atoms with Gasteiger partial charge in [-0.05, 0) is 48.2 Å². The minimum atomic E-state index is -0.284. The first kappa shape index (κ1) is 18.9. The first-order chi connectivity index (χ1) is 12.9. The van der Waals surface area contributed by atoms with Gasteiger partial charge in [-0.2, -0.15) is 0 Å². The summed E-state index contributed by atoms with van der Waals surface area (Å²) in [5.74, 6) is 0.632. The Morgan fingerprint density at radius 2 is 1.70 bits per heavy atom. The van der Waals surface area contributed by atoms with E-state index in [0.717, 1.165) is 11.3 Å². The number of hydrogen-bond donors (Lipinski definition) is 2. The third-order valence-electron chi connectivity index (χ3n) is 4.20. The van der Waals surface area contributed by atoms with E-state index in [1.807, 2.05) is 25.1 Å². The quantitative estimate of drug-likeness (QED) is 0.608. The minimum absolute atomic E-state index is 0.284. The number of halogens is 1. The van der Waals surface area contributed by atoms with Gasteiger partial charge in [0.2, 0.25) is 5.95 Å². The van der Waals surface area contributed by atoms with Crippen LogP contribution in [0.25, 0.3) is 0 Å². The Labute approximate surface area is 163 Å². The molecule has 138 valence electrons. The van der Waals surface area contributed by atoms with E-state index >= 15 is 0 Å². The average molecular weight is 381 g/mol. The highest BCUT2D eigenvalue weighted by molar-refractivity contribution is 6.31. The highest BCUT2D eigenvalue weighted by Gasteiger charge is 2.10. The molecule has 0 spiro atoms. The zero-order valence-corrected chi connectivity index (χ0v) is 16.2. The Hall–Kier alpha value is -2.92. The van der Waals surface area contributed by atoms with E-state index in [1.54, 1.807) is 12.1 Å². The number of rotatable bonds is 5. The number of amides is 1. The topological polar surface area (TPSA) is 66.9 Å². The summed E-state index contributed by atoms with van der Waals surface area (Å²) in [4.78, 5) is 20.8. The standard InChI is InChI=1S/C21H21ClN4O/c1-13(2)15-5-8-18(9-6-15)25-21-23-11-16(12-24-21)20(27)26-19-10-17(22)7-4-14(19)3/h4-13H,1-3H3,(H,26,27)(H,23,24,25). The zero-order chi connectivity index (χ0) is 19.4. The van der Waals surface area contributed by atoms with E-state index < -0.39 is 0 Å². The first-order valence-corrected chi connectivity index (χ1v) is 9.06. The summed E-state index contributed by atoms with van der Waals surface area (Å²) in [5.41, 5.74) is 4.13. The molecule has 2 aromatic carbocycles. The summed E-state index contributed by atoms with van der Waals surface area (Å²) < 4.78 is 0. The first-order valence-electron chi connectivity index (χ1n) is 8.69. The molecule has 3 rings (SSSR count). The largest absolute Gasteiger partial charge is 0.324 e. The van der Waals surface area contributed by atoms with Gasteiger partial charge < -0.3 is 10.6 Å². The van der Waals surface area contributed by atoms with Crippen molar-refractivity contribution in [2.75, 3.05) is 10.6 Å². The van der Waals surface area contributed by atoms with Crippen LogP contribution in [0.15, 0.2) is 54.9 Å². The molecule has 0 bridgehead atoms. The van der Waals surface area contributed by atoms with E-state index in [-0.39, 0.29) is 5.91 Å². The molecular formula is C21H21ClN4O. The van der Waals surface area contributed by atoms with Gasteiger partial charge in [0, 0.05) is 28.8 Å². The van der Waals surface area contributed by atoms with Crippen molar-refractivity contribution >= 4 is 34.8 Å². The molecule has 0 unspecified atom stereocenters. The molecule has 5 nitrogen and oxygen atoms in total. The van der Waals surface area contributed by atoms with Gasteiger partial charge in [0.1, 0.15) is 0 Å². The molecule has 0 atom stereocenters. The summed E-state index contributed by atoms with van der Waals surface area (Å²) in [7, 11) is 0. The number of anilines is 3. The number of aryl methyl sites for hydroxylation is 1. The van der Waals surface area contributed by atoms with Crippen LogP contribution in [0.3, 0.4) is 0 Å². The molecule has 6 heteroatoms. The maximum absolute atomic E-state index is 12.4. The second-order valence-electron chi connectivity index (χ2n) is 6.61. The average Bonchev–Trinajstić information content (AvgIpc) is 2.65. The Balaban J connectivity index is 1.67. The molecule has 0 aliphatic carbocycles. The van der Waals surface area contributed by atoms with Crippen molar-refractivity contribution in [2.24, 2.45) is 0 Å². The minimum Gasteiger partial charge on any atom is -0.324 e. The van der Waals surface area contributed by atoms with Crippen molar-refractivity contribution in [3.63, 3.8) is 0 Å².